The molecular formula is C17H17NO2. The highest BCUT2D eigenvalue weighted by Crippen LogP contribution is 2.22. The molecule has 0 spiro atoms. The Labute approximate surface area is 118 Å². The highest BCUT2D eigenvalue weighted by molar-refractivity contribution is 5.97. The Kier molecular flexibility index (Phi) is 4.31. The lowest BCUT2D eigenvalue weighted by Crippen LogP contribution is -2.35. The van der Waals surface area contributed by atoms with Gasteiger partial charge in [-0.05, 0) is 24.6 Å². The minimum atomic E-state index is -0.552. The summed E-state index contributed by atoms with van der Waals surface area (Å²) in [7, 11) is 1.66. The van der Waals surface area contributed by atoms with E-state index in [-0.39, 0.29) is 11.7 Å². The first-order valence-corrected chi connectivity index (χ1v) is 6.49. The Morgan fingerprint density at radius 1 is 0.900 bits per heavy atom. The van der Waals surface area contributed by atoms with Gasteiger partial charge in [0, 0.05) is 12.6 Å². The summed E-state index contributed by atoms with van der Waals surface area (Å²) in [6.45, 7) is 1.51. The molecule has 3 nitrogen and oxygen atoms in total. The van der Waals surface area contributed by atoms with Crippen molar-refractivity contribution >= 4 is 11.7 Å². The summed E-state index contributed by atoms with van der Waals surface area (Å²) in [6.07, 6.45) is 0. The van der Waals surface area contributed by atoms with E-state index in [0.717, 1.165) is 5.56 Å². The highest BCUT2D eigenvalue weighted by Gasteiger charge is 2.26. The van der Waals surface area contributed by atoms with E-state index in [2.05, 4.69) is 0 Å². The molecule has 0 fully saturated rings. The summed E-state index contributed by atoms with van der Waals surface area (Å²) in [4.78, 5) is 25.9. The average Bonchev–Trinajstić information content (AvgIpc) is 2.48. The van der Waals surface area contributed by atoms with Crippen LogP contribution in [0, 0.1) is 0 Å². The first-order valence-electron chi connectivity index (χ1n) is 6.49. The largest absolute Gasteiger partial charge is 0.328 e. The predicted molar refractivity (Wildman–Crippen MR) is 78.4 cm³/mol. The smallest absolute Gasteiger partial charge is 0.254 e. The third-order valence-corrected chi connectivity index (χ3v) is 3.23. The van der Waals surface area contributed by atoms with Gasteiger partial charge in [0.15, 0.2) is 5.78 Å². The van der Waals surface area contributed by atoms with Crippen LogP contribution in [0.25, 0.3) is 0 Å². The first-order chi connectivity index (χ1) is 9.61. The molecule has 0 aliphatic heterocycles. The van der Waals surface area contributed by atoms with Gasteiger partial charge in [-0.1, -0.05) is 48.5 Å². The van der Waals surface area contributed by atoms with Crippen molar-refractivity contribution in [1.82, 2.24) is 4.90 Å². The molecule has 2 rings (SSSR count). The molecule has 20 heavy (non-hydrogen) atoms. The molecule has 102 valence electrons. The second kappa shape index (κ2) is 6.15. The summed E-state index contributed by atoms with van der Waals surface area (Å²) in [5.74, 6) is -0.211. The highest BCUT2D eigenvalue weighted by atomic mass is 16.2. The van der Waals surface area contributed by atoms with Crippen LogP contribution in [-0.2, 0) is 4.79 Å². The number of carbonyl (C=O) groups is 2. The van der Waals surface area contributed by atoms with Gasteiger partial charge in [-0.3, -0.25) is 9.59 Å². The molecule has 0 N–H and O–H groups in total. The van der Waals surface area contributed by atoms with Crippen LogP contribution in [-0.4, -0.2) is 23.6 Å². The fourth-order valence-electron chi connectivity index (χ4n) is 2.27. The quantitative estimate of drug-likeness (QED) is 0.853. The predicted octanol–water partition coefficient (Wildman–Crippen LogP) is 3.09. The second-order valence-electron chi connectivity index (χ2n) is 4.71. The summed E-state index contributed by atoms with van der Waals surface area (Å²) in [5, 5.41) is 0. The van der Waals surface area contributed by atoms with Crippen molar-refractivity contribution in [3.63, 3.8) is 0 Å². The third-order valence-electron chi connectivity index (χ3n) is 3.23. The van der Waals surface area contributed by atoms with Crippen molar-refractivity contribution in [3.05, 3.63) is 71.8 Å². The molecule has 0 saturated carbocycles. The van der Waals surface area contributed by atoms with Crippen LogP contribution in [0.3, 0.4) is 0 Å². The molecule has 0 aromatic heterocycles. The summed E-state index contributed by atoms with van der Waals surface area (Å²) in [5.41, 5.74) is 1.41. The molecule has 0 bridgehead atoms. The minimum Gasteiger partial charge on any atom is -0.328 e. The molecule has 1 atom stereocenters. The maximum Gasteiger partial charge on any atom is 0.254 e. The van der Waals surface area contributed by atoms with Gasteiger partial charge in [0.1, 0.15) is 6.04 Å². The number of hydrogen-bond donors (Lipinski definition) is 0. The molecule has 0 aliphatic rings. The zero-order valence-corrected chi connectivity index (χ0v) is 11.6. The van der Waals surface area contributed by atoms with E-state index in [9.17, 15) is 9.59 Å². The molecule has 0 unspecified atom stereocenters. The van der Waals surface area contributed by atoms with Crippen LogP contribution in [0.2, 0.25) is 0 Å². The minimum absolute atomic E-state index is 0.0528. The van der Waals surface area contributed by atoms with Gasteiger partial charge >= 0.3 is 0 Å². The van der Waals surface area contributed by atoms with Crippen molar-refractivity contribution < 1.29 is 9.59 Å². The molecule has 0 radical (unpaired) electrons. The molecule has 0 saturated heterocycles. The van der Waals surface area contributed by atoms with E-state index >= 15 is 0 Å². The third kappa shape index (κ3) is 2.94. The van der Waals surface area contributed by atoms with Crippen LogP contribution in [0.5, 0.6) is 0 Å². The monoisotopic (exact) mass is 267 g/mol. The van der Waals surface area contributed by atoms with Crippen molar-refractivity contribution in [2.75, 3.05) is 7.05 Å². The van der Waals surface area contributed by atoms with Crippen LogP contribution in [0.1, 0.15) is 28.9 Å². The van der Waals surface area contributed by atoms with E-state index in [0.29, 0.717) is 5.56 Å². The number of nitrogens with zero attached hydrogens (tertiary/aromatic N) is 1. The zero-order valence-electron chi connectivity index (χ0n) is 11.6. The Morgan fingerprint density at radius 3 is 1.90 bits per heavy atom. The molecule has 2 aromatic carbocycles. The van der Waals surface area contributed by atoms with Gasteiger partial charge in [-0.15, -0.1) is 0 Å². The lowest BCUT2D eigenvalue weighted by atomic mass is 10.0. The Balaban J connectivity index is 2.31. The standard InChI is InChI=1S/C17H17NO2/c1-13(19)16(14-9-5-3-6-10-14)18(2)17(20)15-11-7-4-8-12-15/h3-12,16H,1-2H3/t16-/m0/s1. The molecule has 1 amide bonds. The van der Waals surface area contributed by atoms with Crippen LogP contribution in [0.15, 0.2) is 60.7 Å². The van der Waals surface area contributed by atoms with Gasteiger partial charge in [-0.2, -0.15) is 0 Å². The number of hydrogen-bond acceptors (Lipinski definition) is 2. The normalized spacial score (nSPS) is 11.7. The number of rotatable bonds is 4. The SMILES string of the molecule is CC(=O)[C@@H](c1ccccc1)N(C)C(=O)c1ccccc1. The molecule has 0 heterocycles. The second-order valence-corrected chi connectivity index (χ2v) is 4.71. The molecular weight excluding hydrogens is 250 g/mol. The van der Waals surface area contributed by atoms with Crippen molar-refractivity contribution in [2.24, 2.45) is 0 Å². The van der Waals surface area contributed by atoms with Gasteiger partial charge < -0.3 is 4.90 Å². The van der Waals surface area contributed by atoms with E-state index < -0.39 is 6.04 Å². The maximum atomic E-state index is 12.4. The van der Waals surface area contributed by atoms with Gasteiger partial charge in [-0.25, -0.2) is 0 Å². The topological polar surface area (TPSA) is 37.4 Å². The van der Waals surface area contributed by atoms with Gasteiger partial charge in [0.05, 0.1) is 0 Å². The summed E-state index contributed by atoms with van der Waals surface area (Å²) < 4.78 is 0. The summed E-state index contributed by atoms with van der Waals surface area (Å²) >= 11 is 0. The van der Waals surface area contributed by atoms with Gasteiger partial charge in [0.25, 0.3) is 5.91 Å². The lowest BCUT2D eigenvalue weighted by molar-refractivity contribution is -0.121. The zero-order chi connectivity index (χ0) is 14.5. The van der Waals surface area contributed by atoms with E-state index in [1.54, 1.807) is 19.2 Å². The van der Waals surface area contributed by atoms with Crippen LogP contribution < -0.4 is 0 Å². The number of ketones is 1. The van der Waals surface area contributed by atoms with Crippen LogP contribution >= 0.6 is 0 Å². The molecule has 2 aromatic rings. The van der Waals surface area contributed by atoms with Crippen molar-refractivity contribution in [1.29, 1.82) is 0 Å². The van der Waals surface area contributed by atoms with Gasteiger partial charge in [0.2, 0.25) is 0 Å². The maximum absolute atomic E-state index is 12.4. The Morgan fingerprint density at radius 2 is 1.40 bits per heavy atom. The fraction of sp³-hybridized carbons (Fsp3) is 0.176. The fourth-order valence-corrected chi connectivity index (χ4v) is 2.27. The van der Waals surface area contributed by atoms with E-state index in [1.165, 1.54) is 11.8 Å². The average molecular weight is 267 g/mol. The molecule has 0 aliphatic carbocycles. The number of Topliss-reactive ketones (excluding diaryl/α,β-unsaturated/α-hetero) is 1. The number of carbonyl (C=O) groups excluding carboxylic acids is 2. The van der Waals surface area contributed by atoms with Crippen molar-refractivity contribution in [2.45, 2.75) is 13.0 Å². The lowest BCUT2D eigenvalue weighted by Gasteiger charge is -2.26. The number of amides is 1. The Hall–Kier alpha value is -2.42. The van der Waals surface area contributed by atoms with Crippen LogP contribution in [0.4, 0.5) is 0 Å². The van der Waals surface area contributed by atoms with E-state index in [1.807, 2.05) is 48.5 Å². The Bertz CT molecular complexity index is 593. The summed E-state index contributed by atoms with van der Waals surface area (Å²) in [6, 6.07) is 17.8. The number of likely N-dealkylation sites (N-methyl/N-ethyl adjacent to an activating group) is 1. The number of benzene rings is 2. The van der Waals surface area contributed by atoms with Crippen molar-refractivity contribution in [3.8, 4) is 0 Å². The first kappa shape index (κ1) is 14.0. The molecule has 3 heteroatoms. The van der Waals surface area contributed by atoms with E-state index in [4.69, 9.17) is 0 Å².